The lowest BCUT2D eigenvalue weighted by atomic mass is 10.3. The van der Waals surface area contributed by atoms with Gasteiger partial charge in [0.1, 0.15) is 11.5 Å². The van der Waals surface area contributed by atoms with Crippen molar-refractivity contribution in [2.45, 2.75) is 26.7 Å². The molecule has 0 unspecified atom stereocenters. The Morgan fingerprint density at radius 1 is 0.680 bits per heavy atom. The Labute approximate surface area is 156 Å². The van der Waals surface area contributed by atoms with Crippen LogP contribution in [0.4, 0.5) is 0 Å². The number of hydrogen-bond donors (Lipinski definition) is 0. The van der Waals surface area contributed by atoms with E-state index in [0.29, 0.717) is 0 Å². The monoisotopic (exact) mass is 371 g/mol. The van der Waals surface area contributed by atoms with Crippen LogP contribution < -0.4 is 9.47 Å². The van der Waals surface area contributed by atoms with Crippen molar-refractivity contribution in [1.82, 2.24) is 0 Å². The van der Waals surface area contributed by atoms with E-state index in [4.69, 9.17) is 13.9 Å². The molecular formula is C20H19O3S2+. The molecule has 0 saturated carbocycles. The van der Waals surface area contributed by atoms with E-state index in [1.54, 1.807) is 37.7 Å². The summed E-state index contributed by atoms with van der Waals surface area (Å²) >= 11 is 3.30. The molecule has 0 bridgehead atoms. The number of rotatable bonds is 6. The van der Waals surface area contributed by atoms with Gasteiger partial charge < -0.3 is 9.47 Å². The maximum atomic E-state index is 5.85. The van der Waals surface area contributed by atoms with Crippen molar-refractivity contribution in [3.8, 4) is 11.5 Å². The third-order valence-corrected chi connectivity index (χ3v) is 5.33. The quantitative estimate of drug-likeness (QED) is 0.482. The number of hydrogen-bond acceptors (Lipinski definition) is 4. The minimum atomic E-state index is 0.848. The largest absolute Gasteiger partial charge is 0.497 e. The summed E-state index contributed by atoms with van der Waals surface area (Å²) in [5.41, 5.74) is 0. The van der Waals surface area contributed by atoms with Crippen LogP contribution in [0.1, 0.15) is 5.76 Å². The fourth-order valence-corrected chi connectivity index (χ4v) is 4.10. The Bertz CT molecular complexity index is 763. The van der Waals surface area contributed by atoms with E-state index in [2.05, 4.69) is 18.2 Å². The molecule has 25 heavy (non-hydrogen) atoms. The average molecular weight is 372 g/mol. The summed E-state index contributed by atoms with van der Waals surface area (Å²) in [6.07, 6.45) is 0. The van der Waals surface area contributed by atoms with Crippen LogP contribution in [0.3, 0.4) is 0 Å². The molecule has 0 aliphatic heterocycles. The first-order chi connectivity index (χ1) is 12.2. The van der Waals surface area contributed by atoms with Crippen LogP contribution >= 0.6 is 23.5 Å². The summed E-state index contributed by atoms with van der Waals surface area (Å²) < 4.78 is 16.3. The normalized spacial score (nSPS) is 10.5. The van der Waals surface area contributed by atoms with E-state index in [1.807, 2.05) is 49.4 Å². The highest BCUT2D eigenvalue weighted by molar-refractivity contribution is 8.00. The van der Waals surface area contributed by atoms with Crippen molar-refractivity contribution in [2.24, 2.45) is 0 Å². The lowest BCUT2D eigenvalue weighted by Gasteiger charge is -2.03. The van der Waals surface area contributed by atoms with E-state index in [-0.39, 0.29) is 0 Å². The summed E-state index contributed by atoms with van der Waals surface area (Å²) in [4.78, 5) is 3.41. The Morgan fingerprint density at radius 2 is 1.20 bits per heavy atom. The number of aryl methyl sites for hydroxylation is 1. The Kier molecular flexibility index (Phi) is 5.89. The standard InChI is InChI=1S/C20H19O3S2/c1-14-12-19(24-17-8-4-15(21-2)5-9-17)13-20(23-14)25-18-10-6-16(22-3)7-11-18/h4-13H,1-3H3/q+1. The van der Waals surface area contributed by atoms with Crippen LogP contribution in [0.25, 0.3) is 0 Å². The number of ether oxygens (including phenoxy) is 2. The second kappa shape index (κ2) is 8.32. The van der Waals surface area contributed by atoms with Gasteiger partial charge in [0, 0.05) is 26.4 Å². The summed E-state index contributed by atoms with van der Waals surface area (Å²) in [6, 6.07) is 20.1. The zero-order valence-electron chi connectivity index (χ0n) is 14.3. The zero-order chi connectivity index (χ0) is 17.6. The van der Waals surface area contributed by atoms with E-state index < -0.39 is 0 Å². The summed E-state index contributed by atoms with van der Waals surface area (Å²) in [5, 5.41) is 0.862. The minimum Gasteiger partial charge on any atom is -0.497 e. The zero-order valence-corrected chi connectivity index (χ0v) is 15.9. The van der Waals surface area contributed by atoms with Crippen LogP contribution in [0.15, 0.2) is 84.9 Å². The molecule has 3 rings (SSSR count). The fraction of sp³-hybridized carbons (Fsp3) is 0.150. The lowest BCUT2D eigenvalue weighted by molar-refractivity contribution is 0.414. The molecule has 5 heteroatoms. The molecule has 1 heterocycles. The first-order valence-electron chi connectivity index (χ1n) is 7.75. The van der Waals surface area contributed by atoms with Gasteiger partial charge in [0.25, 0.3) is 0 Å². The van der Waals surface area contributed by atoms with Gasteiger partial charge >= 0.3 is 10.9 Å². The van der Waals surface area contributed by atoms with Gasteiger partial charge in [-0.2, -0.15) is 0 Å². The van der Waals surface area contributed by atoms with E-state index >= 15 is 0 Å². The Hall–Kier alpha value is -2.11. The van der Waals surface area contributed by atoms with Gasteiger partial charge in [0.05, 0.1) is 33.3 Å². The molecule has 3 nitrogen and oxygen atoms in total. The molecule has 0 amide bonds. The van der Waals surface area contributed by atoms with Crippen molar-refractivity contribution >= 4 is 23.5 Å². The molecule has 0 fully saturated rings. The second-order valence-electron chi connectivity index (χ2n) is 5.28. The van der Waals surface area contributed by atoms with Crippen LogP contribution in [0, 0.1) is 6.92 Å². The van der Waals surface area contributed by atoms with Gasteiger partial charge in [-0.1, -0.05) is 11.8 Å². The number of methoxy groups -OCH3 is 2. The third-order valence-electron chi connectivity index (χ3n) is 3.44. The maximum Gasteiger partial charge on any atom is 0.393 e. The predicted molar refractivity (Wildman–Crippen MR) is 102 cm³/mol. The van der Waals surface area contributed by atoms with Crippen molar-refractivity contribution < 1.29 is 13.9 Å². The SMILES string of the molecule is COc1ccc(Sc2cc(C)[o+]c(Sc3ccc(OC)cc3)c2)cc1. The van der Waals surface area contributed by atoms with Crippen molar-refractivity contribution in [3.05, 3.63) is 66.4 Å². The van der Waals surface area contributed by atoms with E-state index in [9.17, 15) is 0 Å². The summed E-state index contributed by atoms with van der Waals surface area (Å²) in [7, 11) is 3.34. The highest BCUT2D eigenvalue weighted by Crippen LogP contribution is 2.35. The van der Waals surface area contributed by atoms with E-state index in [0.717, 1.165) is 37.0 Å². The van der Waals surface area contributed by atoms with Crippen molar-refractivity contribution in [3.63, 3.8) is 0 Å². The van der Waals surface area contributed by atoms with Gasteiger partial charge in [0.2, 0.25) is 0 Å². The molecule has 3 aromatic rings. The van der Waals surface area contributed by atoms with Gasteiger partial charge in [-0.25, -0.2) is 4.42 Å². The molecular weight excluding hydrogens is 352 g/mol. The third kappa shape index (κ3) is 4.94. The molecule has 0 atom stereocenters. The van der Waals surface area contributed by atoms with Gasteiger partial charge in [-0.05, 0) is 48.5 Å². The Morgan fingerprint density at radius 3 is 1.72 bits per heavy atom. The smallest absolute Gasteiger partial charge is 0.393 e. The molecule has 0 aliphatic carbocycles. The molecule has 2 aromatic carbocycles. The average Bonchev–Trinajstić information content (AvgIpc) is 2.62. The molecule has 0 spiro atoms. The maximum absolute atomic E-state index is 5.85. The highest BCUT2D eigenvalue weighted by Gasteiger charge is 2.15. The number of benzene rings is 2. The Balaban J connectivity index is 1.76. The van der Waals surface area contributed by atoms with E-state index in [1.165, 1.54) is 0 Å². The van der Waals surface area contributed by atoms with Crippen LogP contribution in [0.2, 0.25) is 0 Å². The summed E-state index contributed by atoms with van der Waals surface area (Å²) in [6.45, 7) is 1.97. The van der Waals surface area contributed by atoms with Gasteiger partial charge in [-0.15, -0.1) is 0 Å². The highest BCUT2D eigenvalue weighted by atomic mass is 32.2. The molecule has 0 N–H and O–H groups in total. The van der Waals surface area contributed by atoms with Crippen molar-refractivity contribution in [2.75, 3.05) is 14.2 Å². The molecule has 0 aliphatic rings. The molecule has 0 saturated heterocycles. The second-order valence-corrected chi connectivity index (χ2v) is 7.50. The van der Waals surface area contributed by atoms with Crippen LogP contribution in [0.5, 0.6) is 11.5 Å². The minimum absolute atomic E-state index is 0.848. The van der Waals surface area contributed by atoms with Crippen molar-refractivity contribution in [1.29, 1.82) is 0 Å². The fourth-order valence-electron chi connectivity index (χ4n) is 2.22. The topological polar surface area (TPSA) is 29.8 Å². The predicted octanol–water partition coefficient (Wildman–Crippen LogP) is 6.19. The molecule has 128 valence electrons. The van der Waals surface area contributed by atoms with Gasteiger partial charge in [-0.3, -0.25) is 0 Å². The van der Waals surface area contributed by atoms with Crippen LogP contribution in [-0.2, 0) is 0 Å². The molecule has 1 aromatic heterocycles. The first-order valence-corrected chi connectivity index (χ1v) is 9.38. The van der Waals surface area contributed by atoms with Gasteiger partial charge in [0.15, 0.2) is 0 Å². The lowest BCUT2D eigenvalue weighted by Crippen LogP contribution is -1.83. The first kappa shape index (κ1) is 17.7. The molecule has 0 radical (unpaired) electrons. The summed E-state index contributed by atoms with van der Waals surface area (Å²) in [5.74, 6) is 2.59. The van der Waals surface area contributed by atoms with Crippen LogP contribution in [-0.4, -0.2) is 14.2 Å².